The molecule has 0 atom stereocenters. The summed E-state index contributed by atoms with van der Waals surface area (Å²) < 4.78 is 16.4. The standard InChI is InChI=1S/C20H27NO3/c1-3-13-23-19-9-5-17(6-10-19)16-21-18-7-11-20(12-8-18)24-15-14-22-4-2/h5-12,21H,3-4,13-16H2,1-2H3. The first kappa shape index (κ1) is 18.1. The summed E-state index contributed by atoms with van der Waals surface area (Å²) in [4.78, 5) is 0. The zero-order chi connectivity index (χ0) is 17.0. The van der Waals surface area contributed by atoms with Crippen LogP contribution in [0, 0.1) is 0 Å². The minimum absolute atomic E-state index is 0.576. The largest absolute Gasteiger partial charge is 0.494 e. The normalized spacial score (nSPS) is 10.4. The Bertz CT molecular complexity index is 566. The van der Waals surface area contributed by atoms with Crippen LogP contribution in [0.4, 0.5) is 5.69 Å². The molecule has 4 heteroatoms. The molecule has 130 valence electrons. The molecule has 0 aliphatic heterocycles. The molecule has 24 heavy (non-hydrogen) atoms. The molecule has 0 spiro atoms. The van der Waals surface area contributed by atoms with E-state index in [0.29, 0.717) is 13.2 Å². The first-order chi connectivity index (χ1) is 11.8. The number of rotatable bonds is 11. The van der Waals surface area contributed by atoms with Crippen molar-refractivity contribution in [2.75, 3.05) is 31.7 Å². The molecule has 0 saturated heterocycles. The quantitative estimate of drug-likeness (QED) is 0.616. The van der Waals surface area contributed by atoms with E-state index in [1.165, 1.54) is 5.56 Å². The van der Waals surface area contributed by atoms with E-state index in [-0.39, 0.29) is 0 Å². The Kier molecular flexibility index (Phi) is 7.98. The fourth-order valence-corrected chi connectivity index (χ4v) is 2.16. The Labute approximate surface area is 144 Å². The van der Waals surface area contributed by atoms with Crippen LogP contribution < -0.4 is 14.8 Å². The third-order valence-electron chi connectivity index (χ3n) is 3.45. The summed E-state index contributed by atoms with van der Waals surface area (Å²) in [6.45, 7) is 7.54. The Morgan fingerprint density at radius 3 is 2.00 bits per heavy atom. The van der Waals surface area contributed by atoms with Crippen LogP contribution in [-0.2, 0) is 11.3 Å². The van der Waals surface area contributed by atoms with Gasteiger partial charge in [-0.1, -0.05) is 19.1 Å². The van der Waals surface area contributed by atoms with Crippen molar-refractivity contribution >= 4 is 5.69 Å². The van der Waals surface area contributed by atoms with E-state index < -0.39 is 0 Å². The van der Waals surface area contributed by atoms with Crippen molar-refractivity contribution in [2.45, 2.75) is 26.8 Å². The highest BCUT2D eigenvalue weighted by molar-refractivity contribution is 5.47. The maximum atomic E-state index is 5.60. The number of anilines is 1. The fraction of sp³-hybridized carbons (Fsp3) is 0.400. The van der Waals surface area contributed by atoms with Crippen molar-refractivity contribution in [3.63, 3.8) is 0 Å². The maximum Gasteiger partial charge on any atom is 0.119 e. The SMILES string of the molecule is CCCOc1ccc(CNc2ccc(OCCOCC)cc2)cc1. The Morgan fingerprint density at radius 2 is 1.38 bits per heavy atom. The lowest BCUT2D eigenvalue weighted by atomic mass is 10.2. The molecule has 0 aliphatic carbocycles. The van der Waals surface area contributed by atoms with E-state index in [0.717, 1.165) is 43.4 Å². The van der Waals surface area contributed by atoms with Crippen LogP contribution in [0.25, 0.3) is 0 Å². The molecular weight excluding hydrogens is 302 g/mol. The van der Waals surface area contributed by atoms with E-state index in [1.54, 1.807) is 0 Å². The van der Waals surface area contributed by atoms with E-state index in [9.17, 15) is 0 Å². The molecule has 0 fully saturated rings. The van der Waals surface area contributed by atoms with Crippen LogP contribution in [0.5, 0.6) is 11.5 Å². The minimum atomic E-state index is 0.576. The van der Waals surface area contributed by atoms with E-state index >= 15 is 0 Å². The van der Waals surface area contributed by atoms with Gasteiger partial charge in [0, 0.05) is 18.8 Å². The van der Waals surface area contributed by atoms with Gasteiger partial charge in [-0.25, -0.2) is 0 Å². The molecule has 2 rings (SSSR count). The molecule has 2 aromatic carbocycles. The number of nitrogens with one attached hydrogen (secondary N) is 1. The summed E-state index contributed by atoms with van der Waals surface area (Å²) >= 11 is 0. The van der Waals surface area contributed by atoms with Gasteiger partial charge in [-0.2, -0.15) is 0 Å². The highest BCUT2D eigenvalue weighted by Crippen LogP contribution is 2.17. The summed E-state index contributed by atoms with van der Waals surface area (Å²) in [5.74, 6) is 1.78. The van der Waals surface area contributed by atoms with Crippen molar-refractivity contribution in [3.05, 3.63) is 54.1 Å². The predicted molar refractivity (Wildman–Crippen MR) is 98.0 cm³/mol. The third-order valence-corrected chi connectivity index (χ3v) is 3.45. The average Bonchev–Trinajstić information content (AvgIpc) is 2.64. The van der Waals surface area contributed by atoms with Crippen LogP contribution in [0.15, 0.2) is 48.5 Å². The summed E-state index contributed by atoms with van der Waals surface area (Å²) in [5.41, 5.74) is 2.29. The molecule has 0 radical (unpaired) electrons. The second kappa shape index (κ2) is 10.6. The molecule has 2 aromatic rings. The van der Waals surface area contributed by atoms with Gasteiger partial charge in [-0.3, -0.25) is 0 Å². The second-order valence-corrected chi connectivity index (χ2v) is 5.42. The van der Waals surface area contributed by atoms with Gasteiger partial charge in [-0.15, -0.1) is 0 Å². The third kappa shape index (κ3) is 6.50. The van der Waals surface area contributed by atoms with Gasteiger partial charge in [0.1, 0.15) is 18.1 Å². The molecule has 0 saturated carbocycles. The van der Waals surface area contributed by atoms with E-state index in [4.69, 9.17) is 14.2 Å². The molecule has 0 heterocycles. The molecular formula is C20H27NO3. The lowest BCUT2D eigenvalue weighted by Crippen LogP contribution is -2.06. The Balaban J connectivity index is 1.75. The van der Waals surface area contributed by atoms with Gasteiger partial charge in [0.2, 0.25) is 0 Å². The van der Waals surface area contributed by atoms with Crippen molar-refractivity contribution in [1.82, 2.24) is 0 Å². The summed E-state index contributed by atoms with van der Waals surface area (Å²) in [6, 6.07) is 16.2. The van der Waals surface area contributed by atoms with Crippen LogP contribution in [0.2, 0.25) is 0 Å². The van der Waals surface area contributed by atoms with E-state index in [2.05, 4.69) is 24.4 Å². The highest BCUT2D eigenvalue weighted by Gasteiger charge is 1.98. The second-order valence-electron chi connectivity index (χ2n) is 5.42. The lowest BCUT2D eigenvalue weighted by Gasteiger charge is -2.10. The molecule has 0 amide bonds. The minimum Gasteiger partial charge on any atom is -0.494 e. The monoisotopic (exact) mass is 329 g/mol. The summed E-state index contributed by atoms with van der Waals surface area (Å²) in [7, 11) is 0. The molecule has 0 bridgehead atoms. The maximum absolute atomic E-state index is 5.60. The van der Waals surface area contributed by atoms with Crippen LogP contribution in [0.1, 0.15) is 25.8 Å². The number of hydrogen-bond donors (Lipinski definition) is 1. The smallest absolute Gasteiger partial charge is 0.119 e. The lowest BCUT2D eigenvalue weighted by molar-refractivity contribution is 0.110. The zero-order valence-corrected chi connectivity index (χ0v) is 14.6. The van der Waals surface area contributed by atoms with Crippen LogP contribution >= 0.6 is 0 Å². The molecule has 0 unspecified atom stereocenters. The van der Waals surface area contributed by atoms with Crippen molar-refractivity contribution < 1.29 is 14.2 Å². The van der Waals surface area contributed by atoms with Gasteiger partial charge < -0.3 is 19.5 Å². The van der Waals surface area contributed by atoms with Gasteiger partial charge in [0.25, 0.3) is 0 Å². The summed E-state index contributed by atoms with van der Waals surface area (Å²) in [6.07, 6.45) is 1.02. The average molecular weight is 329 g/mol. The van der Waals surface area contributed by atoms with Gasteiger partial charge >= 0.3 is 0 Å². The van der Waals surface area contributed by atoms with Crippen molar-refractivity contribution in [1.29, 1.82) is 0 Å². The first-order valence-corrected chi connectivity index (χ1v) is 8.58. The molecule has 1 N–H and O–H groups in total. The van der Waals surface area contributed by atoms with Gasteiger partial charge in [0.05, 0.1) is 13.2 Å². The topological polar surface area (TPSA) is 39.7 Å². The molecule has 0 aromatic heterocycles. The van der Waals surface area contributed by atoms with E-state index in [1.807, 2.05) is 43.3 Å². The first-order valence-electron chi connectivity index (χ1n) is 8.58. The number of benzene rings is 2. The number of hydrogen-bond acceptors (Lipinski definition) is 4. The predicted octanol–water partition coefficient (Wildman–Crippen LogP) is 4.50. The van der Waals surface area contributed by atoms with Crippen molar-refractivity contribution in [2.24, 2.45) is 0 Å². The van der Waals surface area contributed by atoms with Crippen LogP contribution in [-0.4, -0.2) is 26.4 Å². The summed E-state index contributed by atoms with van der Waals surface area (Å²) in [5, 5.41) is 3.41. The Hall–Kier alpha value is -2.20. The van der Waals surface area contributed by atoms with Gasteiger partial charge in [0.15, 0.2) is 0 Å². The number of ether oxygens (including phenoxy) is 3. The highest BCUT2D eigenvalue weighted by atomic mass is 16.5. The Morgan fingerprint density at radius 1 is 0.750 bits per heavy atom. The molecule has 0 aliphatic rings. The molecule has 4 nitrogen and oxygen atoms in total. The van der Waals surface area contributed by atoms with Crippen molar-refractivity contribution in [3.8, 4) is 11.5 Å². The van der Waals surface area contributed by atoms with Gasteiger partial charge in [-0.05, 0) is 55.3 Å². The zero-order valence-electron chi connectivity index (χ0n) is 14.6. The van der Waals surface area contributed by atoms with Crippen LogP contribution in [0.3, 0.4) is 0 Å². The fourth-order valence-electron chi connectivity index (χ4n) is 2.16.